The molecule has 0 N–H and O–H groups in total. The number of carbonyl (C=O) groups excluding carboxylic acids is 1. The van der Waals surface area contributed by atoms with E-state index in [1.54, 1.807) is 0 Å². The topological polar surface area (TPSA) is 48.0 Å². The highest BCUT2D eigenvalue weighted by atomic mass is 35.5. The molecule has 1 heterocycles. The molecule has 142 valence electrons. The van der Waals surface area contributed by atoms with E-state index < -0.39 is 0 Å². The number of hydrogen-bond acceptors (Lipinski definition) is 5. The van der Waals surface area contributed by atoms with Crippen LogP contribution in [0, 0.1) is 0 Å². The number of benzene rings is 1. The monoisotopic (exact) mass is 371 g/mol. The first-order valence-corrected chi connectivity index (χ1v) is 8.80. The van der Waals surface area contributed by atoms with E-state index in [1.165, 1.54) is 0 Å². The Morgan fingerprint density at radius 2 is 1.76 bits per heavy atom. The van der Waals surface area contributed by atoms with E-state index in [-0.39, 0.29) is 18.2 Å². The molecule has 5 nitrogen and oxygen atoms in total. The fourth-order valence-electron chi connectivity index (χ4n) is 2.92. The first-order valence-electron chi connectivity index (χ1n) is 8.80. The second-order valence-corrected chi connectivity index (χ2v) is 6.28. The van der Waals surface area contributed by atoms with Crippen LogP contribution in [-0.4, -0.2) is 62.3 Å². The van der Waals surface area contributed by atoms with Crippen LogP contribution in [0.5, 0.6) is 5.75 Å². The van der Waals surface area contributed by atoms with E-state index in [1.807, 2.05) is 31.2 Å². The molecule has 0 saturated carbocycles. The van der Waals surface area contributed by atoms with Crippen LogP contribution in [0.2, 0.25) is 0 Å². The number of ether oxygens (including phenoxy) is 3. The Morgan fingerprint density at radius 3 is 2.36 bits per heavy atom. The number of carbonyl (C=O) groups is 1. The third-order valence-electron chi connectivity index (χ3n) is 4.04. The fraction of sp³-hybridized carbons (Fsp3) is 0.632. The van der Waals surface area contributed by atoms with Gasteiger partial charge >= 0.3 is 0 Å². The zero-order chi connectivity index (χ0) is 17.4. The summed E-state index contributed by atoms with van der Waals surface area (Å²) in [6.45, 7) is 10.7. The Kier molecular flexibility index (Phi) is 10.0. The van der Waals surface area contributed by atoms with Crippen LogP contribution in [0.3, 0.4) is 0 Å². The molecule has 0 radical (unpaired) electrons. The molecule has 6 heteroatoms. The zero-order valence-electron chi connectivity index (χ0n) is 15.4. The van der Waals surface area contributed by atoms with Gasteiger partial charge in [-0.2, -0.15) is 0 Å². The first kappa shape index (κ1) is 21.9. The molecule has 0 amide bonds. The van der Waals surface area contributed by atoms with Crippen LogP contribution < -0.4 is 4.74 Å². The number of nitrogens with zero attached hydrogens (tertiary/aromatic N) is 1. The van der Waals surface area contributed by atoms with Crippen LogP contribution in [0.1, 0.15) is 37.6 Å². The minimum absolute atomic E-state index is 0. The van der Waals surface area contributed by atoms with E-state index >= 15 is 0 Å². The molecule has 0 bridgehead atoms. The Morgan fingerprint density at radius 1 is 1.12 bits per heavy atom. The van der Waals surface area contributed by atoms with Crippen LogP contribution in [0.25, 0.3) is 0 Å². The quantitative estimate of drug-likeness (QED) is 0.492. The molecule has 1 saturated heterocycles. The van der Waals surface area contributed by atoms with Gasteiger partial charge < -0.3 is 14.2 Å². The summed E-state index contributed by atoms with van der Waals surface area (Å²) >= 11 is 0. The second-order valence-electron chi connectivity index (χ2n) is 6.28. The van der Waals surface area contributed by atoms with Gasteiger partial charge in [-0.05, 0) is 38.1 Å². The van der Waals surface area contributed by atoms with Crippen molar-refractivity contribution >= 4 is 18.2 Å². The highest BCUT2D eigenvalue weighted by Crippen LogP contribution is 2.13. The second kappa shape index (κ2) is 11.5. The molecule has 1 aromatic carbocycles. The van der Waals surface area contributed by atoms with Crippen molar-refractivity contribution < 1.29 is 19.0 Å². The van der Waals surface area contributed by atoms with Crippen LogP contribution >= 0.6 is 12.4 Å². The molecule has 2 atom stereocenters. The molecule has 2 unspecified atom stereocenters. The van der Waals surface area contributed by atoms with Gasteiger partial charge in [0.25, 0.3) is 0 Å². The van der Waals surface area contributed by atoms with Crippen molar-refractivity contribution in [3.8, 4) is 5.75 Å². The maximum absolute atomic E-state index is 11.6. The molecule has 0 spiro atoms. The Hall–Kier alpha value is -1.14. The maximum Gasteiger partial charge on any atom is 0.162 e. The van der Waals surface area contributed by atoms with E-state index in [4.69, 9.17) is 14.2 Å². The maximum atomic E-state index is 11.6. The molecule has 1 aliphatic heterocycles. The van der Waals surface area contributed by atoms with Crippen molar-refractivity contribution in [3.63, 3.8) is 0 Å². The summed E-state index contributed by atoms with van der Waals surface area (Å²) in [5.41, 5.74) is 0.732. The molecule has 2 rings (SSSR count). The van der Waals surface area contributed by atoms with E-state index in [0.717, 1.165) is 30.9 Å². The van der Waals surface area contributed by atoms with Gasteiger partial charge in [-0.1, -0.05) is 6.92 Å². The van der Waals surface area contributed by atoms with E-state index in [0.29, 0.717) is 38.4 Å². The van der Waals surface area contributed by atoms with Gasteiger partial charge in [0.1, 0.15) is 12.4 Å². The number of morpholine rings is 1. The van der Waals surface area contributed by atoms with Crippen LogP contribution in [0.4, 0.5) is 0 Å². The van der Waals surface area contributed by atoms with Crippen molar-refractivity contribution in [1.82, 2.24) is 4.90 Å². The van der Waals surface area contributed by atoms with E-state index in [9.17, 15) is 4.79 Å². The van der Waals surface area contributed by atoms with Gasteiger partial charge in [0.15, 0.2) is 5.78 Å². The minimum Gasteiger partial charge on any atom is -0.491 e. The lowest BCUT2D eigenvalue weighted by Gasteiger charge is -2.35. The zero-order valence-corrected chi connectivity index (χ0v) is 16.2. The van der Waals surface area contributed by atoms with Gasteiger partial charge in [0, 0.05) is 31.6 Å². The molecule has 0 aromatic heterocycles. The number of Topliss-reactive ketones (excluding diaryl/α,β-unsaturated/α-hetero) is 1. The van der Waals surface area contributed by atoms with Crippen molar-refractivity contribution in [2.45, 2.75) is 39.4 Å². The highest BCUT2D eigenvalue weighted by Gasteiger charge is 2.21. The molecular weight excluding hydrogens is 342 g/mol. The normalized spacial score (nSPS) is 20.8. The average molecular weight is 372 g/mol. The van der Waals surface area contributed by atoms with Crippen LogP contribution in [0.15, 0.2) is 24.3 Å². The summed E-state index contributed by atoms with van der Waals surface area (Å²) in [6.07, 6.45) is 1.11. The molecule has 25 heavy (non-hydrogen) atoms. The van der Waals surface area contributed by atoms with Crippen LogP contribution in [-0.2, 0) is 9.47 Å². The smallest absolute Gasteiger partial charge is 0.162 e. The van der Waals surface area contributed by atoms with Crippen molar-refractivity contribution in [3.05, 3.63) is 29.8 Å². The van der Waals surface area contributed by atoms with Gasteiger partial charge in [-0.3, -0.25) is 9.69 Å². The third kappa shape index (κ3) is 7.74. The average Bonchev–Trinajstić information content (AvgIpc) is 2.57. The number of halogens is 1. The summed E-state index contributed by atoms with van der Waals surface area (Å²) in [4.78, 5) is 13.9. The summed E-state index contributed by atoms with van der Waals surface area (Å²) in [7, 11) is 0. The minimum atomic E-state index is 0. The van der Waals surface area contributed by atoms with Gasteiger partial charge in [-0.25, -0.2) is 0 Å². The Balaban J connectivity index is 0.00000312. The molecule has 1 fully saturated rings. The lowest BCUT2D eigenvalue weighted by molar-refractivity contribution is -0.0734. The standard InChI is InChI=1S/C19H29NO4.ClH/c1-4-19(21)17-5-7-18(8-6-17)23-12-11-22-10-9-20-13-15(2)24-16(3)14-20;/h5-8,15-16H,4,9-14H2,1-3H3;1H. The SMILES string of the molecule is CCC(=O)c1ccc(OCCOCCN2CC(C)OC(C)C2)cc1.Cl. The molecular formula is C19H30ClNO4. The Bertz CT molecular complexity index is 499. The van der Waals surface area contributed by atoms with Crippen molar-refractivity contribution in [2.75, 3.05) is 39.5 Å². The summed E-state index contributed by atoms with van der Waals surface area (Å²) in [5, 5.41) is 0. The molecule has 0 aliphatic carbocycles. The van der Waals surface area contributed by atoms with Gasteiger partial charge in [0.2, 0.25) is 0 Å². The summed E-state index contributed by atoms with van der Waals surface area (Å²) in [6, 6.07) is 7.28. The van der Waals surface area contributed by atoms with E-state index in [2.05, 4.69) is 18.7 Å². The van der Waals surface area contributed by atoms with Crippen molar-refractivity contribution in [2.24, 2.45) is 0 Å². The van der Waals surface area contributed by atoms with Crippen molar-refractivity contribution in [1.29, 1.82) is 0 Å². The fourth-order valence-corrected chi connectivity index (χ4v) is 2.92. The summed E-state index contributed by atoms with van der Waals surface area (Å²) in [5.74, 6) is 0.915. The highest BCUT2D eigenvalue weighted by molar-refractivity contribution is 5.95. The predicted molar refractivity (Wildman–Crippen MR) is 101 cm³/mol. The van der Waals surface area contributed by atoms with Gasteiger partial charge in [-0.15, -0.1) is 12.4 Å². The summed E-state index contributed by atoms with van der Waals surface area (Å²) < 4.78 is 17.0. The number of ketones is 1. The Labute approximate surface area is 157 Å². The number of hydrogen-bond donors (Lipinski definition) is 0. The number of rotatable bonds is 9. The largest absolute Gasteiger partial charge is 0.491 e. The van der Waals surface area contributed by atoms with Gasteiger partial charge in [0.05, 0.1) is 25.4 Å². The molecule has 1 aromatic rings. The molecule has 1 aliphatic rings. The lowest BCUT2D eigenvalue weighted by Crippen LogP contribution is -2.46. The lowest BCUT2D eigenvalue weighted by atomic mass is 10.1. The predicted octanol–water partition coefficient (Wildman–Crippen LogP) is 3.21. The third-order valence-corrected chi connectivity index (χ3v) is 4.04. The first-order chi connectivity index (χ1) is 11.6.